The third-order valence-electron chi connectivity index (χ3n) is 3.19. The lowest BCUT2D eigenvalue weighted by atomic mass is 10.1. The van der Waals surface area contributed by atoms with Gasteiger partial charge in [-0.2, -0.15) is 5.26 Å². The molecule has 0 bridgehead atoms. The van der Waals surface area contributed by atoms with E-state index in [1.54, 1.807) is 18.2 Å². The summed E-state index contributed by atoms with van der Waals surface area (Å²) in [5, 5.41) is 25.6. The summed E-state index contributed by atoms with van der Waals surface area (Å²) >= 11 is 0. The SMILES string of the molecule is C[C@H](NC(=O)O)C(=O)Nc1ccc(C#N)cc1Nc1ccccc1. The van der Waals surface area contributed by atoms with Crippen LogP contribution in [0.1, 0.15) is 12.5 Å². The van der Waals surface area contributed by atoms with Crippen molar-refractivity contribution in [1.29, 1.82) is 5.26 Å². The molecule has 122 valence electrons. The lowest BCUT2D eigenvalue weighted by Gasteiger charge is -2.16. The number of carbonyl (C=O) groups is 2. The minimum absolute atomic E-state index is 0.433. The van der Waals surface area contributed by atoms with Gasteiger partial charge < -0.3 is 21.1 Å². The molecule has 0 heterocycles. The zero-order chi connectivity index (χ0) is 17.5. The number of para-hydroxylation sites is 1. The number of nitrogens with zero attached hydrogens (tertiary/aromatic N) is 1. The van der Waals surface area contributed by atoms with Crippen LogP contribution in [0.15, 0.2) is 48.5 Å². The Bertz CT molecular complexity index is 784. The smallest absolute Gasteiger partial charge is 0.405 e. The van der Waals surface area contributed by atoms with Crippen molar-refractivity contribution in [2.24, 2.45) is 0 Å². The largest absolute Gasteiger partial charge is 0.465 e. The van der Waals surface area contributed by atoms with Gasteiger partial charge in [-0.3, -0.25) is 4.79 Å². The second-order valence-corrected chi connectivity index (χ2v) is 5.02. The lowest BCUT2D eigenvalue weighted by molar-refractivity contribution is -0.117. The van der Waals surface area contributed by atoms with Gasteiger partial charge in [0.1, 0.15) is 6.04 Å². The van der Waals surface area contributed by atoms with Crippen LogP contribution in [0.4, 0.5) is 21.9 Å². The molecule has 0 spiro atoms. The third kappa shape index (κ3) is 4.48. The van der Waals surface area contributed by atoms with E-state index >= 15 is 0 Å². The predicted octanol–water partition coefficient (Wildman–Crippen LogP) is 2.90. The molecule has 0 aromatic heterocycles. The Balaban J connectivity index is 2.24. The maximum absolute atomic E-state index is 12.1. The summed E-state index contributed by atoms with van der Waals surface area (Å²) in [5.74, 6) is -0.502. The molecule has 4 N–H and O–H groups in total. The molecule has 7 nitrogen and oxygen atoms in total. The molecule has 0 saturated carbocycles. The van der Waals surface area contributed by atoms with Crippen LogP contribution in [0.2, 0.25) is 0 Å². The molecule has 0 aliphatic carbocycles. The summed E-state index contributed by atoms with van der Waals surface area (Å²) in [6.45, 7) is 1.44. The first-order chi connectivity index (χ1) is 11.5. The zero-order valence-corrected chi connectivity index (χ0v) is 12.9. The number of anilines is 3. The number of amides is 2. The van der Waals surface area contributed by atoms with E-state index in [0.29, 0.717) is 16.9 Å². The molecule has 24 heavy (non-hydrogen) atoms. The molecule has 2 amide bonds. The summed E-state index contributed by atoms with van der Waals surface area (Å²) in [4.78, 5) is 22.7. The lowest BCUT2D eigenvalue weighted by Crippen LogP contribution is -2.40. The van der Waals surface area contributed by atoms with Crippen molar-refractivity contribution in [3.8, 4) is 6.07 Å². The Morgan fingerprint density at radius 2 is 1.83 bits per heavy atom. The van der Waals surface area contributed by atoms with E-state index in [0.717, 1.165) is 5.69 Å². The van der Waals surface area contributed by atoms with Crippen LogP contribution in [-0.2, 0) is 4.79 Å². The fourth-order valence-electron chi connectivity index (χ4n) is 1.99. The van der Waals surface area contributed by atoms with Gasteiger partial charge in [-0.1, -0.05) is 18.2 Å². The highest BCUT2D eigenvalue weighted by molar-refractivity contribution is 5.99. The summed E-state index contributed by atoms with van der Waals surface area (Å²) in [6.07, 6.45) is -1.28. The van der Waals surface area contributed by atoms with Gasteiger partial charge in [-0.15, -0.1) is 0 Å². The second kappa shape index (κ2) is 7.65. The Morgan fingerprint density at radius 1 is 1.12 bits per heavy atom. The highest BCUT2D eigenvalue weighted by atomic mass is 16.4. The average molecular weight is 324 g/mol. The Hall–Kier alpha value is -3.53. The molecule has 7 heteroatoms. The van der Waals surface area contributed by atoms with Gasteiger partial charge in [0, 0.05) is 5.69 Å². The van der Waals surface area contributed by atoms with Gasteiger partial charge in [0.05, 0.1) is 23.0 Å². The number of hydrogen-bond acceptors (Lipinski definition) is 4. The number of carbonyl (C=O) groups excluding carboxylic acids is 1. The Labute approximate surface area is 138 Å². The highest BCUT2D eigenvalue weighted by Gasteiger charge is 2.16. The molecule has 2 aromatic rings. The third-order valence-corrected chi connectivity index (χ3v) is 3.19. The quantitative estimate of drug-likeness (QED) is 0.675. The first-order valence-corrected chi connectivity index (χ1v) is 7.16. The maximum Gasteiger partial charge on any atom is 0.405 e. The van der Waals surface area contributed by atoms with E-state index in [1.165, 1.54) is 6.92 Å². The van der Waals surface area contributed by atoms with E-state index in [1.807, 2.05) is 36.4 Å². The van der Waals surface area contributed by atoms with E-state index < -0.39 is 18.0 Å². The van der Waals surface area contributed by atoms with E-state index in [4.69, 9.17) is 10.4 Å². The topological polar surface area (TPSA) is 114 Å². The molecule has 0 unspecified atom stereocenters. The maximum atomic E-state index is 12.1. The number of nitriles is 1. The van der Waals surface area contributed by atoms with E-state index in [-0.39, 0.29) is 0 Å². The molecule has 1 atom stereocenters. The van der Waals surface area contributed by atoms with Gasteiger partial charge >= 0.3 is 6.09 Å². The first-order valence-electron chi connectivity index (χ1n) is 7.16. The van der Waals surface area contributed by atoms with Gasteiger partial charge in [0.2, 0.25) is 5.91 Å². The van der Waals surface area contributed by atoms with Gasteiger partial charge in [0.15, 0.2) is 0 Å². The van der Waals surface area contributed by atoms with E-state index in [9.17, 15) is 9.59 Å². The minimum Gasteiger partial charge on any atom is -0.465 e. The van der Waals surface area contributed by atoms with Crippen LogP contribution in [0, 0.1) is 11.3 Å². The molecule has 0 fully saturated rings. The van der Waals surface area contributed by atoms with Crippen molar-refractivity contribution >= 4 is 29.1 Å². The number of nitrogens with one attached hydrogen (secondary N) is 3. The fourth-order valence-corrected chi connectivity index (χ4v) is 1.99. The molecular weight excluding hydrogens is 308 g/mol. The van der Waals surface area contributed by atoms with Gasteiger partial charge in [0.25, 0.3) is 0 Å². The fraction of sp³-hybridized carbons (Fsp3) is 0.118. The van der Waals surface area contributed by atoms with Crippen molar-refractivity contribution in [1.82, 2.24) is 5.32 Å². The molecule has 0 saturated heterocycles. The normalized spacial score (nSPS) is 11.0. The minimum atomic E-state index is -1.28. The molecule has 2 rings (SSSR count). The summed E-state index contributed by atoms with van der Waals surface area (Å²) < 4.78 is 0. The Kier molecular flexibility index (Phi) is 5.36. The van der Waals surface area contributed by atoms with Crippen molar-refractivity contribution in [3.05, 3.63) is 54.1 Å². The second-order valence-electron chi connectivity index (χ2n) is 5.02. The van der Waals surface area contributed by atoms with Crippen LogP contribution < -0.4 is 16.0 Å². The molecule has 0 aliphatic heterocycles. The van der Waals surface area contributed by atoms with Crippen molar-refractivity contribution in [2.75, 3.05) is 10.6 Å². The van der Waals surface area contributed by atoms with E-state index in [2.05, 4.69) is 16.0 Å². The number of hydrogen-bond donors (Lipinski definition) is 4. The number of carboxylic acid groups (broad SMARTS) is 1. The molecule has 2 aromatic carbocycles. The van der Waals surface area contributed by atoms with Crippen LogP contribution in [0.5, 0.6) is 0 Å². The van der Waals surface area contributed by atoms with Crippen molar-refractivity contribution in [2.45, 2.75) is 13.0 Å². The molecule has 0 aliphatic rings. The Morgan fingerprint density at radius 3 is 2.46 bits per heavy atom. The molecular formula is C17H16N4O3. The zero-order valence-electron chi connectivity index (χ0n) is 12.9. The summed E-state index contributed by atoms with van der Waals surface area (Å²) in [6, 6.07) is 15.2. The van der Waals surface area contributed by atoms with Crippen molar-refractivity contribution < 1.29 is 14.7 Å². The van der Waals surface area contributed by atoms with Gasteiger partial charge in [-0.25, -0.2) is 4.79 Å². The average Bonchev–Trinajstić information content (AvgIpc) is 2.56. The molecule has 0 radical (unpaired) electrons. The predicted molar refractivity (Wildman–Crippen MR) is 90.1 cm³/mol. The van der Waals surface area contributed by atoms with Crippen LogP contribution in [0.3, 0.4) is 0 Å². The summed E-state index contributed by atoms with van der Waals surface area (Å²) in [7, 11) is 0. The number of benzene rings is 2. The van der Waals surface area contributed by atoms with Crippen molar-refractivity contribution in [3.63, 3.8) is 0 Å². The van der Waals surface area contributed by atoms with Crippen LogP contribution in [0.25, 0.3) is 0 Å². The van der Waals surface area contributed by atoms with Crippen LogP contribution in [-0.4, -0.2) is 23.1 Å². The van der Waals surface area contributed by atoms with Gasteiger partial charge in [-0.05, 0) is 37.3 Å². The van der Waals surface area contributed by atoms with Crippen LogP contribution >= 0.6 is 0 Å². The first kappa shape index (κ1) is 16.8. The summed E-state index contributed by atoms with van der Waals surface area (Å²) in [5.41, 5.74) is 2.21. The number of rotatable bonds is 5. The standard InChI is InChI=1S/C17H16N4O3/c1-11(19-17(23)24)16(22)21-14-8-7-12(10-18)9-15(14)20-13-5-3-2-4-6-13/h2-9,11,19-20H,1H3,(H,21,22)(H,23,24)/t11-/m0/s1. The monoisotopic (exact) mass is 324 g/mol. The highest BCUT2D eigenvalue weighted by Crippen LogP contribution is 2.27.